The largest absolute Gasteiger partial charge is 0.352 e. The molecule has 2 saturated heterocycles. The van der Waals surface area contributed by atoms with Gasteiger partial charge in [0.2, 0.25) is 5.91 Å². The van der Waals surface area contributed by atoms with Crippen molar-refractivity contribution in [3.8, 4) is 33.9 Å². The van der Waals surface area contributed by atoms with Crippen molar-refractivity contribution in [3.05, 3.63) is 84.7 Å². The van der Waals surface area contributed by atoms with Crippen molar-refractivity contribution in [1.29, 1.82) is 0 Å². The van der Waals surface area contributed by atoms with E-state index >= 15 is 0 Å². The van der Waals surface area contributed by atoms with Crippen LogP contribution in [0, 0.1) is 0 Å². The molecule has 41 heavy (non-hydrogen) atoms. The Kier molecular flexibility index (Phi) is 8.04. The summed E-state index contributed by atoms with van der Waals surface area (Å²) in [4.78, 5) is 33.3. The normalized spacial score (nSPS) is 19.4. The highest BCUT2D eigenvalue weighted by Crippen LogP contribution is 2.35. The zero-order chi connectivity index (χ0) is 28.2. The SMILES string of the molecule is Cn1c(-c2ccc(CNC(=O)CCCC[C@@H]3SC[C@@H]4NC(=O)N[C@@H]43)cc2)nc(-c2ccccc2)c1-c1ccncc1. The second kappa shape index (κ2) is 12.2. The maximum absolute atomic E-state index is 12.5. The number of hydrogen-bond donors (Lipinski definition) is 3. The maximum atomic E-state index is 12.5. The Morgan fingerprint density at radius 3 is 2.54 bits per heavy atom. The Labute approximate surface area is 244 Å². The number of unbranched alkanes of at least 4 members (excludes halogenated alkanes) is 1. The standard InChI is InChI=1S/C32H34N6O2S/c1-38-30(23-15-17-33-18-16-23)28(22-7-3-2-4-8-22)36-31(38)24-13-11-21(12-14-24)19-34-27(39)10-6-5-9-26-29-25(20-41-26)35-32(40)37-29/h2-4,7-8,11-18,25-26,29H,5-6,9-10,19-20H2,1H3,(H,34,39)(H2,35,37,40)/t25-,26-,29-/m0/s1. The Balaban J connectivity index is 1.05. The van der Waals surface area contributed by atoms with Crippen molar-refractivity contribution < 1.29 is 9.59 Å². The maximum Gasteiger partial charge on any atom is 0.315 e. The molecule has 210 valence electrons. The van der Waals surface area contributed by atoms with Gasteiger partial charge in [-0.15, -0.1) is 0 Å². The van der Waals surface area contributed by atoms with E-state index in [4.69, 9.17) is 4.98 Å². The molecule has 2 aromatic heterocycles. The first-order chi connectivity index (χ1) is 20.1. The second-order valence-electron chi connectivity index (χ2n) is 10.6. The number of fused-ring (bicyclic) bond motifs is 1. The summed E-state index contributed by atoms with van der Waals surface area (Å²) in [7, 11) is 2.04. The van der Waals surface area contributed by atoms with Crippen LogP contribution in [0.3, 0.4) is 0 Å². The van der Waals surface area contributed by atoms with Crippen LogP contribution in [0.15, 0.2) is 79.1 Å². The third-order valence-corrected chi connectivity index (χ3v) is 9.39. The summed E-state index contributed by atoms with van der Waals surface area (Å²) in [5, 5.41) is 9.50. The van der Waals surface area contributed by atoms with E-state index in [-0.39, 0.29) is 24.0 Å². The minimum Gasteiger partial charge on any atom is -0.352 e. The van der Waals surface area contributed by atoms with Crippen molar-refractivity contribution in [2.75, 3.05) is 5.75 Å². The summed E-state index contributed by atoms with van der Waals surface area (Å²) < 4.78 is 2.13. The van der Waals surface area contributed by atoms with Crippen LogP contribution in [-0.2, 0) is 18.4 Å². The van der Waals surface area contributed by atoms with Gasteiger partial charge in [0, 0.05) is 60.1 Å². The molecule has 0 radical (unpaired) electrons. The van der Waals surface area contributed by atoms with Crippen LogP contribution in [0.25, 0.3) is 33.9 Å². The topological polar surface area (TPSA) is 101 Å². The minimum absolute atomic E-state index is 0.0516. The Morgan fingerprint density at radius 2 is 1.76 bits per heavy atom. The number of benzene rings is 2. The Morgan fingerprint density at radius 1 is 0.976 bits per heavy atom. The highest BCUT2D eigenvalue weighted by atomic mass is 32.2. The number of urea groups is 1. The molecule has 2 aromatic carbocycles. The van der Waals surface area contributed by atoms with Crippen molar-refractivity contribution in [1.82, 2.24) is 30.5 Å². The molecule has 9 heteroatoms. The number of amides is 3. The molecule has 6 rings (SSSR count). The fourth-order valence-corrected chi connectivity index (χ4v) is 7.27. The molecule has 3 N–H and O–H groups in total. The monoisotopic (exact) mass is 566 g/mol. The molecular formula is C32H34N6O2S. The van der Waals surface area contributed by atoms with Crippen molar-refractivity contribution in [2.24, 2.45) is 7.05 Å². The number of nitrogens with zero attached hydrogens (tertiary/aromatic N) is 3. The van der Waals surface area contributed by atoms with Gasteiger partial charge in [-0.1, -0.05) is 61.0 Å². The summed E-state index contributed by atoms with van der Waals surface area (Å²) in [6.45, 7) is 0.497. The quantitative estimate of drug-likeness (QED) is 0.182. The molecule has 0 spiro atoms. The van der Waals surface area contributed by atoms with Crippen LogP contribution in [0.2, 0.25) is 0 Å². The third-order valence-electron chi connectivity index (χ3n) is 7.88. The van der Waals surface area contributed by atoms with E-state index in [1.54, 1.807) is 12.4 Å². The lowest BCUT2D eigenvalue weighted by atomic mass is 10.0. The molecule has 3 atom stereocenters. The zero-order valence-corrected chi connectivity index (χ0v) is 23.9. The Hall–Kier alpha value is -4.11. The second-order valence-corrected chi connectivity index (χ2v) is 11.9. The van der Waals surface area contributed by atoms with Crippen LogP contribution in [-0.4, -0.2) is 49.6 Å². The van der Waals surface area contributed by atoms with Crippen LogP contribution in [0.5, 0.6) is 0 Å². The van der Waals surface area contributed by atoms with Gasteiger partial charge in [0.15, 0.2) is 0 Å². The third kappa shape index (κ3) is 6.00. The number of aromatic nitrogens is 3. The molecule has 3 amide bonds. The molecule has 0 unspecified atom stereocenters. The summed E-state index contributed by atoms with van der Waals surface area (Å²) in [6.07, 6.45) is 6.97. The van der Waals surface area contributed by atoms with Crippen molar-refractivity contribution in [2.45, 2.75) is 49.6 Å². The van der Waals surface area contributed by atoms with Gasteiger partial charge in [0.25, 0.3) is 0 Å². The summed E-state index contributed by atoms with van der Waals surface area (Å²) in [5.74, 6) is 1.92. The van der Waals surface area contributed by atoms with Gasteiger partial charge in [0.1, 0.15) is 5.82 Å². The summed E-state index contributed by atoms with van der Waals surface area (Å²) in [5.41, 5.74) is 6.16. The van der Waals surface area contributed by atoms with E-state index in [1.165, 1.54) is 0 Å². The zero-order valence-electron chi connectivity index (χ0n) is 23.0. The van der Waals surface area contributed by atoms with Crippen molar-refractivity contribution >= 4 is 23.7 Å². The number of pyridine rings is 1. The predicted molar refractivity (Wildman–Crippen MR) is 163 cm³/mol. The van der Waals surface area contributed by atoms with Gasteiger partial charge >= 0.3 is 6.03 Å². The highest BCUT2D eigenvalue weighted by molar-refractivity contribution is 8.00. The number of carbonyl (C=O) groups is 2. The van der Waals surface area contributed by atoms with Gasteiger partial charge < -0.3 is 20.5 Å². The first-order valence-corrected chi connectivity index (χ1v) is 15.2. The Bertz CT molecular complexity index is 1510. The van der Waals surface area contributed by atoms with Gasteiger partial charge in [-0.25, -0.2) is 9.78 Å². The molecule has 8 nitrogen and oxygen atoms in total. The molecule has 0 bridgehead atoms. The average molecular weight is 567 g/mol. The van der Waals surface area contributed by atoms with E-state index in [1.807, 2.05) is 49.1 Å². The minimum atomic E-state index is -0.0516. The number of nitrogens with one attached hydrogen (secondary N) is 3. The van der Waals surface area contributed by atoms with E-state index in [0.717, 1.165) is 64.5 Å². The van der Waals surface area contributed by atoms with E-state index in [9.17, 15) is 9.59 Å². The summed E-state index contributed by atoms with van der Waals surface area (Å²) >= 11 is 1.92. The average Bonchev–Trinajstić information content (AvgIpc) is 3.67. The summed E-state index contributed by atoms with van der Waals surface area (Å²) in [6, 6.07) is 22.9. The van der Waals surface area contributed by atoms with Gasteiger partial charge in [-0.05, 0) is 30.5 Å². The first kappa shape index (κ1) is 27.1. The molecule has 2 fully saturated rings. The fraction of sp³-hybridized carbons (Fsp3) is 0.312. The highest BCUT2D eigenvalue weighted by Gasteiger charge is 2.42. The van der Waals surface area contributed by atoms with Crippen LogP contribution in [0.4, 0.5) is 4.79 Å². The number of thioether (sulfide) groups is 1. The fourth-order valence-electron chi connectivity index (χ4n) is 5.73. The number of carbonyl (C=O) groups excluding carboxylic acids is 2. The van der Waals surface area contributed by atoms with Crippen LogP contribution >= 0.6 is 11.8 Å². The van der Waals surface area contributed by atoms with E-state index in [2.05, 4.69) is 61.9 Å². The molecule has 4 aromatic rings. The molecule has 4 heterocycles. The van der Waals surface area contributed by atoms with E-state index in [0.29, 0.717) is 18.2 Å². The van der Waals surface area contributed by atoms with Crippen LogP contribution in [0.1, 0.15) is 31.2 Å². The molecule has 0 aliphatic carbocycles. The van der Waals surface area contributed by atoms with Gasteiger partial charge in [-0.3, -0.25) is 9.78 Å². The molecular weight excluding hydrogens is 532 g/mol. The number of rotatable bonds is 10. The first-order valence-electron chi connectivity index (χ1n) is 14.1. The smallest absolute Gasteiger partial charge is 0.315 e. The lowest BCUT2D eigenvalue weighted by Crippen LogP contribution is -2.36. The molecule has 0 saturated carbocycles. The molecule has 2 aliphatic heterocycles. The lowest BCUT2D eigenvalue weighted by molar-refractivity contribution is -0.121. The van der Waals surface area contributed by atoms with E-state index < -0.39 is 0 Å². The van der Waals surface area contributed by atoms with Crippen LogP contribution < -0.4 is 16.0 Å². The molecule has 2 aliphatic rings. The van der Waals surface area contributed by atoms with Crippen molar-refractivity contribution in [3.63, 3.8) is 0 Å². The van der Waals surface area contributed by atoms with Gasteiger partial charge in [0.05, 0.1) is 23.5 Å². The van der Waals surface area contributed by atoms with Gasteiger partial charge in [-0.2, -0.15) is 11.8 Å². The number of hydrogen-bond acceptors (Lipinski definition) is 5. The number of imidazole rings is 1. The lowest BCUT2D eigenvalue weighted by Gasteiger charge is -2.16. The predicted octanol–water partition coefficient (Wildman–Crippen LogP) is 5.16.